The van der Waals surface area contributed by atoms with Gasteiger partial charge < -0.3 is 10.6 Å². The molecule has 1 aromatic heterocycles. The van der Waals surface area contributed by atoms with Crippen LogP contribution in [0, 0.1) is 0 Å². The van der Waals surface area contributed by atoms with Crippen LogP contribution in [-0.4, -0.2) is 35.2 Å². The van der Waals surface area contributed by atoms with Crippen molar-refractivity contribution in [3.05, 3.63) is 22.5 Å². The predicted molar refractivity (Wildman–Crippen MR) is 60.6 cm³/mol. The summed E-state index contributed by atoms with van der Waals surface area (Å²) in [6, 6.07) is 2.17. The first-order valence-corrected chi connectivity index (χ1v) is 4.93. The molecule has 0 fully saturated rings. The largest absolute Gasteiger partial charge is 0.355 e. The average Bonchev–Trinajstić information content (AvgIpc) is 2.27. The molecule has 92 valence electrons. The zero-order valence-electron chi connectivity index (χ0n) is 9.24. The Morgan fingerprint density at radius 3 is 2.59 bits per heavy atom. The number of rotatable bonds is 4. The molecule has 8 nitrogen and oxygen atoms in total. The van der Waals surface area contributed by atoms with E-state index in [1.807, 2.05) is 0 Å². The third-order valence-corrected chi connectivity index (χ3v) is 1.71. The van der Waals surface area contributed by atoms with Gasteiger partial charge in [0.1, 0.15) is 0 Å². The van der Waals surface area contributed by atoms with Crippen LogP contribution in [0.5, 0.6) is 0 Å². The standard InChI is InChI=1S/C9H13N5O3/c1-6(15)10-4-5-11-9(17)12-7-2-3-8(16)14-13-7/h2-3H,4-5H2,1H3,(H,10,15)(H,14,16)(H2,11,12,13,17). The number of hydrogen-bond donors (Lipinski definition) is 4. The van der Waals surface area contributed by atoms with E-state index in [2.05, 4.69) is 26.1 Å². The highest BCUT2D eigenvalue weighted by atomic mass is 16.2. The van der Waals surface area contributed by atoms with Crippen molar-refractivity contribution < 1.29 is 9.59 Å². The van der Waals surface area contributed by atoms with Gasteiger partial charge in [-0.1, -0.05) is 0 Å². The Bertz CT molecular complexity index is 436. The molecule has 0 atom stereocenters. The van der Waals surface area contributed by atoms with Crippen molar-refractivity contribution >= 4 is 17.8 Å². The summed E-state index contributed by atoms with van der Waals surface area (Å²) < 4.78 is 0. The molecule has 0 unspecified atom stereocenters. The SMILES string of the molecule is CC(=O)NCCNC(=O)Nc1ccc(=O)[nH]n1. The Labute approximate surface area is 96.8 Å². The van der Waals surface area contributed by atoms with Crippen molar-refractivity contribution in [3.63, 3.8) is 0 Å². The number of amides is 3. The molecule has 0 aliphatic heterocycles. The number of nitrogens with zero attached hydrogens (tertiary/aromatic N) is 1. The summed E-state index contributed by atoms with van der Waals surface area (Å²) >= 11 is 0. The monoisotopic (exact) mass is 239 g/mol. The second-order valence-electron chi connectivity index (χ2n) is 3.17. The van der Waals surface area contributed by atoms with E-state index in [4.69, 9.17) is 0 Å². The quantitative estimate of drug-likeness (QED) is 0.506. The van der Waals surface area contributed by atoms with Gasteiger partial charge in [0.15, 0.2) is 5.82 Å². The first kappa shape index (κ1) is 12.7. The lowest BCUT2D eigenvalue weighted by molar-refractivity contribution is -0.118. The predicted octanol–water partition coefficient (Wildman–Crippen LogP) is -0.973. The van der Waals surface area contributed by atoms with Gasteiger partial charge in [-0.2, -0.15) is 5.10 Å². The molecule has 0 spiro atoms. The molecule has 0 bridgehead atoms. The molecule has 1 heterocycles. The minimum Gasteiger partial charge on any atom is -0.355 e. The number of aromatic amines is 1. The molecule has 0 aliphatic carbocycles. The first-order valence-electron chi connectivity index (χ1n) is 4.93. The van der Waals surface area contributed by atoms with Crippen LogP contribution in [0.15, 0.2) is 16.9 Å². The zero-order chi connectivity index (χ0) is 12.7. The minimum absolute atomic E-state index is 0.158. The summed E-state index contributed by atoms with van der Waals surface area (Å²) in [5.41, 5.74) is -0.346. The third-order valence-electron chi connectivity index (χ3n) is 1.71. The van der Waals surface area contributed by atoms with E-state index in [1.165, 1.54) is 19.1 Å². The molecule has 4 N–H and O–H groups in total. The van der Waals surface area contributed by atoms with E-state index in [0.717, 1.165) is 0 Å². The molecule has 3 amide bonds. The van der Waals surface area contributed by atoms with Crippen LogP contribution < -0.4 is 21.5 Å². The highest BCUT2D eigenvalue weighted by Gasteiger charge is 2.01. The normalized spacial score (nSPS) is 9.47. The minimum atomic E-state index is -0.463. The van der Waals surface area contributed by atoms with Gasteiger partial charge in [0.25, 0.3) is 5.56 Å². The summed E-state index contributed by atoms with van der Waals surface area (Å²) in [4.78, 5) is 32.5. The van der Waals surface area contributed by atoms with Gasteiger partial charge in [-0.15, -0.1) is 0 Å². The van der Waals surface area contributed by atoms with Crippen molar-refractivity contribution in [3.8, 4) is 0 Å². The molecule has 0 radical (unpaired) electrons. The van der Waals surface area contributed by atoms with Crippen LogP contribution in [0.4, 0.5) is 10.6 Å². The molecule has 1 aromatic rings. The van der Waals surface area contributed by atoms with E-state index in [1.54, 1.807) is 0 Å². The van der Waals surface area contributed by atoms with Gasteiger partial charge in [-0.05, 0) is 6.07 Å². The first-order chi connectivity index (χ1) is 8.08. The lowest BCUT2D eigenvalue weighted by Crippen LogP contribution is -2.36. The molecule has 0 saturated heterocycles. The topological polar surface area (TPSA) is 116 Å². The van der Waals surface area contributed by atoms with Gasteiger partial charge in [-0.3, -0.25) is 14.9 Å². The number of H-pyrrole nitrogens is 1. The summed E-state index contributed by atoms with van der Waals surface area (Å²) in [5, 5.41) is 13.2. The van der Waals surface area contributed by atoms with Gasteiger partial charge >= 0.3 is 6.03 Å². The fourth-order valence-electron chi connectivity index (χ4n) is 0.989. The van der Waals surface area contributed by atoms with Crippen LogP contribution in [0.2, 0.25) is 0 Å². The fraction of sp³-hybridized carbons (Fsp3) is 0.333. The maximum Gasteiger partial charge on any atom is 0.320 e. The number of aromatic nitrogens is 2. The van der Waals surface area contributed by atoms with Gasteiger partial charge in [0.05, 0.1) is 0 Å². The van der Waals surface area contributed by atoms with Gasteiger partial charge in [-0.25, -0.2) is 9.89 Å². The molecular formula is C9H13N5O3. The fourth-order valence-corrected chi connectivity index (χ4v) is 0.989. The van der Waals surface area contributed by atoms with Crippen LogP contribution >= 0.6 is 0 Å². The van der Waals surface area contributed by atoms with Crippen molar-refractivity contribution in [2.75, 3.05) is 18.4 Å². The molecule has 17 heavy (non-hydrogen) atoms. The number of hydrogen-bond acceptors (Lipinski definition) is 4. The average molecular weight is 239 g/mol. The summed E-state index contributed by atoms with van der Waals surface area (Å²) in [5.74, 6) is 0.0798. The van der Waals surface area contributed by atoms with Crippen LogP contribution in [0.25, 0.3) is 0 Å². The summed E-state index contributed by atoms with van der Waals surface area (Å²) in [6.07, 6.45) is 0. The summed E-state index contributed by atoms with van der Waals surface area (Å²) in [6.45, 7) is 2.04. The molecule has 8 heteroatoms. The Balaban J connectivity index is 2.27. The zero-order valence-corrected chi connectivity index (χ0v) is 9.24. The van der Waals surface area contributed by atoms with Crippen LogP contribution in [0.3, 0.4) is 0 Å². The van der Waals surface area contributed by atoms with Crippen LogP contribution in [-0.2, 0) is 4.79 Å². The molecule has 0 aliphatic rings. The van der Waals surface area contributed by atoms with Crippen molar-refractivity contribution in [1.29, 1.82) is 0 Å². The molecular weight excluding hydrogens is 226 g/mol. The van der Waals surface area contributed by atoms with Crippen molar-refractivity contribution in [2.45, 2.75) is 6.92 Å². The van der Waals surface area contributed by atoms with Gasteiger partial charge in [0.2, 0.25) is 5.91 Å². The van der Waals surface area contributed by atoms with E-state index >= 15 is 0 Å². The number of carbonyl (C=O) groups excluding carboxylic acids is 2. The maximum absolute atomic E-state index is 11.3. The van der Waals surface area contributed by atoms with Crippen molar-refractivity contribution in [1.82, 2.24) is 20.8 Å². The number of urea groups is 1. The number of nitrogens with one attached hydrogen (secondary N) is 4. The van der Waals surface area contributed by atoms with E-state index in [-0.39, 0.29) is 17.3 Å². The molecule has 0 saturated carbocycles. The van der Waals surface area contributed by atoms with Gasteiger partial charge in [0, 0.05) is 26.1 Å². The lowest BCUT2D eigenvalue weighted by atomic mass is 10.5. The molecule has 1 rings (SSSR count). The molecule has 0 aromatic carbocycles. The third kappa shape index (κ3) is 5.30. The van der Waals surface area contributed by atoms with E-state index in [9.17, 15) is 14.4 Å². The Kier molecular flexibility index (Phi) is 4.67. The van der Waals surface area contributed by atoms with E-state index < -0.39 is 6.03 Å². The van der Waals surface area contributed by atoms with Crippen molar-refractivity contribution in [2.24, 2.45) is 0 Å². The van der Waals surface area contributed by atoms with Crippen LogP contribution in [0.1, 0.15) is 6.92 Å². The second kappa shape index (κ2) is 6.26. The second-order valence-corrected chi connectivity index (χ2v) is 3.17. The Hall–Kier alpha value is -2.38. The highest BCUT2D eigenvalue weighted by molar-refractivity contribution is 5.88. The Morgan fingerprint density at radius 1 is 1.29 bits per heavy atom. The lowest BCUT2D eigenvalue weighted by Gasteiger charge is -2.06. The Morgan fingerprint density at radius 2 is 2.00 bits per heavy atom. The van der Waals surface area contributed by atoms with E-state index in [0.29, 0.717) is 13.1 Å². The maximum atomic E-state index is 11.3. The smallest absolute Gasteiger partial charge is 0.320 e. The summed E-state index contributed by atoms with van der Waals surface area (Å²) in [7, 11) is 0. The number of carbonyl (C=O) groups is 2. The number of anilines is 1. The highest BCUT2D eigenvalue weighted by Crippen LogP contribution is 1.94.